The molecule has 4 aromatic rings. The molecule has 0 unspecified atom stereocenters. The Balaban J connectivity index is 1.55. The van der Waals surface area contributed by atoms with Crippen LogP contribution in [0.5, 0.6) is 0 Å². The van der Waals surface area contributed by atoms with E-state index in [1.54, 1.807) is 40.6 Å². The fourth-order valence-corrected chi connectivity index (χ4v) is 7.39. The van der Waals surface area contributed by atoms with Crippen molar-refractivity contribution in [1.29, 1.82) is 0 Å². The van der Waals surface area contributed by atoms with Gasteiger partial charge in [0.25, 0.3) is 10.0 Å². The van der Waals surface area contributed by atoms with Crippen molar-refractivity contribution in [2.75, 3.05) is 0 Å². The number of alkyl carbamates (subject to hydrolysis) is 1. The largest absolute Gasteiger partial charge is 0.444 e. The van der Waals surface area contributed by atoms with Gasteiger partial charge in [0.1, 0.15) is 5.60 Å². The first-order chi connectivity index (χ1) is 18.2. The van der Waals surface area contributed by atoms with Gasteiger partial charge >= 0.3 is 11.8 Å². The Labute approximate surface area is 235 Å². The maximum absolute atomic E-state index is 13.5. The minimum atomic E-state index is -3.92. The highest BCUT2D eigenvalue weighted by Crippen LogP contribution is 2.39. The summed E-state index contributed by atoms with van der Waals surface area (Å²) in [5.74, 6) is 0. The van der Waals surface area contributed by atoms with Crippen molar-refractivity contribution in [2.24, 2.45) is 7.05 Å². The molecule has 1 amide bonds. The molecule has 1 aromatic carbocycles. The van der Waals surface area contributed by atoms with E-state index in [4.69, 9.17) is 4.74 Å². The van der Waals surface area contributed by atoms with Crippen LogP contribution in [-0.4, -0.2) is 43.7 Å². The molecule has 3 aromatic heterocycles. The second kappa shape index (κ2) is 9.51. The fraction of sp³-hybridized carbons (Fsp3) is 0.444. The normalized spacial score (nSPS) is 20.4. The average Bonchev–Trinajstić information content (AvgIpc) is 3.33. The lowest BCUT2D eigenvalue weighted by atomic mass is 9.80. The van der Waals surface area contributed by atoms with Crippen LogP contribution in [0.15, 0.2) is 56.9 Å². The molecule has 1 N–H and O–H groups in total. The minimum Gasteiger partial charge on any atom is -0.444 e. The zero-order valence-electron chi connectivity index (χ0n) is 22.6. The summed E-state index contributed by atoms with van der Waals surface area (Å²) < 4.78 is 37.4. The lowest BCUT2D eigenvalue weighted by molar-refractivity contribution is 0.0427. The number of halogens is 1. The van der Waals surface area contributed by atoms with Crippen LogP contribution in [0.3, 0.4) is 0 Å². The van der Waals surface area contributed by atoms with Gasteiger partial charge in [-0.05, 0) is 81.4 Å². The summed E-state index contributed by atoms with van der Waals surface area (Å²) >= 11 is 3.55. The first-order valence-corrected chi connectivity index (χ1v) is 15.0. The van der Waals surface area contributed by atoms with Gasteiger partial charge in [-0.2, -0.15) is 0 Å². The molecule has 12 heteroatoms. The van der Waals surface area contributed by atoms with E-state index in [-0.39, 0.29) is 22.3 Å². The Kier molecular flexibility index (Phi) is 6.69. The Hall–Kier alpha value is -3.12. The van der Waals surface area contributed by atoms with Gasteiger partial charge in [0.05, 0.1) is 27.5 Å². The van der Waals surface area contributed by atoms with Crippen LogP contribution in [0.25, 0.3) is 22.1 Å². The van der Waals surface area contributed by atoms with Crippen LogP contribution in [-0.2, 0) is 21.8 Å². The first-order valence-electron chi connectivity index (χ1n) is 12.8. The molecule has 10 nitrogen and oxygen atoms in total. The maximum atomic E-state index is 13.5. The van der Waals surface area contributed by atoms with Gasteiger partial charge in [0.15, 0.2) is 5.65 Å². The molecule has 1 aliphatic carbocycles. The third-order valence-corrected chi connectivity index (χ3v) is 9.58. The van der Waals surface area contributed by atoms with Gasteiger partial charge < -0.3 is 10.1 Å². The number of ether oxygens (including phenoxy) is 1. The molecule has 1 fully saturated rings. The number of carbonyl (C=O) groups excluding carboxylic acids is 1. The number of benzene rings is 1. The standard InChI is InChI=1S/C27H32BrN5O5S/c1-26(2,3)38-24(34)30-27(4)13-11-17(12-14-27)33-22-20(31(5)25(33)35)15-29-23-21(22)19(28)16-32(23)39(36,37)18-9-7-6-8-10-18/h6-10,15-17H,11-14H2,1-5H3,(H,30,34). The van der Waals surface area contributed by atoms with E-state index in [9.17, 15) is 18.0 Å². The highest BCUT2D eigenvalue weighted by Gasteiger charge is 2.36. The van der Waals surface area contributed by atoms with Crippen molar-refractivity contribution >= 4 is 54.1 Å². The number of aryl methyl sites for hydroxylation is 1. The van der Waals surface area contributed by atoms with E-state index in [1.165, 1.54) is 18.3 Å². The van der Waals surface area contributed by atoms with Crippen molar-refractivity contribution in [3.63, 3.8) is 0 Å². The van der Waals surface area contributed by atoms with Gasteiger partial charge in [0.2, 0.25) is 0 Å². The number of amides is 1. The van der Waals surface area contributed by atoms with E-state index < -0.39 is 27.3 Å². The van der Waals surface area contributed by atoms with E-state index in [0.717, 1.165) is 3.97 Å². The summed E-state index contributed by atoms with van der Waals surface area (Å²) in [6.07, 6.45) is 5.19. The second-order valence-electron chi connectivity index (χ2n) is 11.4. The summed E-state index contributed by atoms with van der Waals surface area (Å²) in [4.78, 5) is 30.6. The summed E-state index contributed by atoms with van der Waals surface area (Å²) in [6, 6.07) is 8.03. The predicted octanol–water partition coefficient (Wildman–Crippen LogP) is 5.09. The number of pyridine rings is 1. The predicted molar refractivity (Wildman–Crippen MR) is 152 cm³/mol. The van der Waals surface area contributed by atoms with E-state index in [1.807, 2.05) is 27.7 Å². The smallest absolute Gasteiger partial charge is 0.408 e. The fourth-order valence-electron chi connectivity index (χ4n) is 5.35. The van der Waals surface area contributed by atoms with Crippen molar-refractivity contribution in [2.45, 2.75) is 75.5 Å². The van der Waals surface area contributed by atoms with Crippen LogP contribution in [0.4, 0.5) is 4.79 Å². The highest BCUT2D eigenvalue weighted by atomic mass is 79.9. The summed E-state index contributed by atoms with van der Waals surface area (Å²) in [7, 11) is -2.22. The molecule has 5 rings (SSSR count). The van der Waals surface area contributed by atoms with Crippen molar-refractivity contribution < 1.29 is 17.9 Å². The third kappa shape index (κ3) is 4.88. The van der Waals surface area contributed by atoms with Gasteiger partial charge in [-0.3, -0.25) is 9.13 Å². The first kappa shape index (κ1) is 27.4. The Morgan fingerprint density at radius 1 is 1.18 bits per heavy atom. The molecular weight excluding hydrogens is 586 g/mol. The Morgan fingerprint density at radius 2 is 1.82 bits per heavy atom. The summed E-state index contributed by atoms with van der Waals surface area (Å²) in [5, 5.41) is 3.57. The number of hydrogen-bond donors (Lipinski definition) is 1. The zero-order chi connectivity index (χ0) is 28.3. The molecule has 0 atom stereocenters. The van der Waals surface area contributed by atoms with Crippen molar-refractivity contribution in [3.8, 4) is 0 Å². The van der Waals surface area contributed by atoms with Gasteiger partial charge in [-0.15, -0.1) is 0 Å². The van der Waals surface area contributed by atoms with Crippen LogP contribution >= 0.6 is 15.9 Å². The third-order valence-electron chi connectivity index (χ3n) is 7.31. The van der Waals surface area contributed by atoms with E-state index in [0.29, 0.717) is 46.6 Å². The number of fused-ring (bicyclic) bond motifs is 3. The number of rotatable bonds is 4. The van der Waals surface area contributed by atoms with Crippen LogP contribution in [0.2, 0.25) is 0 Å². The SMILES string of the molecule is Cn1c(=O)n(C2CCC(C)(NC(=O)OC(C)(C)C)CC2)c2c3c(Br)cn(S(=O)(=O)c4ccccc4)c3ncc21. The van der Waals surface area contributed by atoms with Crippen molar-refractivity contribution in [1.82, 2.24) is 23.4 Å². The lowest BCUT2D eigenvalue weighted by Crippen LogP contribution is -2.50. The van der Waals surface area contributed by atoms with Gasteiger partial charge in [0, 0.05) is 29.3 Å². The van der Waals surface area contributed by atoms with Crippen molar-refractivity contribution in [3.05, 3.63) is 57.7 Å². The van der Waals surface area contributed by atoms with Crippen LogP contribution < -0.4 is 11.0 Å². The van der Waals surface area contributed by atoms with Crippen LogP contribution in [0.1, 0.15) is 59.4 Å². The summed E-state index contributed by atoms with van der Waals surface area (Å²) in [5.41, 5.74) is 0.240. The molecule has 0 aliphatic heterocycles. The number of hydrogen-bond acceptors (Lipinski definition) is 6. The molecule has 0 spiro atoms. The second-order valence-corrected chi connectivity index (χ2v) is 14.1. The molecule has 208 valence electrons. The number of imidazole rings is 1. The zero-order valence-corrected chi connectivity index (χ0v) is 25.0. The molecule has 3 heterocycles. The lowest BCUT2D eigenvalue weighted by Gasteiger charge is -2.38. The number of aromatic nitrogens is 4. The van der Waals surface area contributed by atoms with Crippen LogP contribution in [0, 0.1) is 0 Å². The molecule has 39 heavy (non-hydrogen) atoms. The molecule has 1 aliphatic rings. The van der Waals surface area contributed by atoms with E-state index in [2.05, 4.69) is 26.2 Å². The molecule has 1 saturated carbocycles. The molecular formula is C27H32BrN5O5S. The monoisotopic (exact) mass is 617 g/mol. The average molecular weight is 619 g/mol. The highest BCUT2D eigenvalue weighted by molar-refractivity contribution is 9.10. The molecule has 0 saturated heterocycles. The Bertz CT molecular complexity index is 1740. The quantitative estimate of drug-likeness (QED) is 0.341. The maximum Gasteiger partial charge on any atom is 0.408 e. The van der Waals surface area contributed by atoms with Gasteiger partial charge in [-0.1, -0.05) is 18.2 Å². The minimum absolute atomic E-state index is 0.138. The number of carbonyl (C=O) groups is 1. The Morgan fingerprint density at radius 3 is 2.44 bits per heavy atom. The van der Waals surface area contributed by atoms with Gasteiger partial charge in [-0.25, -0.2) is 27.0 Å². The van der Waals surface area contributed by atoms with E-state index >= 15 is 0 Å². The molecule has 0 bridgehead atoms. The summed E-state index contributed by atoms with van der Waals surface area (Å²) in [6.45, 7) is 7.47. The number of nitrogens with zero attached hydrogens (tertiary/aromatic N) is 4. The molecule has 0 radical (unpaired) electrons. The topological polar surface area (TPSA) is 117 Å². The number of nitrogens with one attached hydrogen (secondary N) is 1.